The fourth-order valence-electron chi connectivity index (χ4n) is 2.21. The van der Waals surface area contributed by atoms with Crippen LogP contribution >= 0.6 is 12.4 Å². The molecule has 2 unspecified atom stereocenters. The van der Waals surface area contributed by atoms with Crippen molar-refractivity contribution in [3.05, 3.63) is 35.6 Å². The second-order valence-electron chi connectivity index (χ2n) is 4.67. The molecule has 1 fully saturated rings. The minimum atomic E-state index is -0.376. The number of benzene rings is 1. The molecule has 1 heterocycles. The van der Waals surface area contributed by atoms with Crippen LogP contribution in [-0.2, 0) is 0 Å². The van der Waals surface area contributed by atoms with Gasteiger partial charge in [-0.2, -0.15) is 0 Å². The highest BCUT2D eigenvalue weighted by molar-refractivity contribution is 5.94. The lowest BCUT2D eigenvalue weighted by Crippen LogP contribution is -2.33. The molecule has 2 rings (SSSR count). The van der Waals surface area contributed by atoms with E-state index in [0.29, 0.717) is 24.6 Å². The topological polar surface area (TPSA) is 46.3 Å². The normalized spacial score (nSPS) is 20.4. The monoisotopic (exact) mass is 272 g/mol. The summed E-state index contributed by atoms with van der Waals surface area (Å²) >= 11 is 0. The van der Waals surface area contributed by atoms with Gasteiger partial charge in [0.15, 0.2) is 0 Å². The van der Waals surface area contributed by atoms with Crippen molar-refractivity contribution in [2.75, 3.05) is 13.1 Å². The molecule has 18 heavy (non-hydrogen) atoms. The Kier molecular flexibility index (Phi) is 5.11. The van der Waals surface area contributed by atoms with Crippen LogP contribution in [0.4, 0.5) is 4.39 Å². The number of carbonyl (C=O) groups excluding carboxylic acids is 1. The van der Waals surface area contributed by atoms with Crippen molar-refractivity contribution in [3.8, 4) is 0 Å². The molecule has 1 saturated heterocycles. The average molecular weight is 273 g/mol. The standard InChI is InChI=1S/C13H17FN2O.ClH/c1-9(15)11-5-6-16(8-11)13(17)10-3-2-4-12(14)7-10;/h2-4,7,9,11H,5-6,8,15H2,1H3;1H. The number of rotatable bonds is 2. The van der Waals surface area contributed by atoms with E-state index < -0.39 is 0 Å². The third kappa shape index (κ3) is 3.21. The molecule has 1 aliphatic heterocycles. The molecule has 0 saturated carbocycles. The Morgan fingerprint density at radius 2 is 2.28 bits per heavy atom. The van der Waals surface area contributed by atoms with Gasteiger partial charge >= 0.3 is 0 Å². The zero-order valence-electron chi connectivity index (χ0n) is 10.3. The second-order valence-corrected chi connectivity index (χ2v) is 4.67. The highest BCUT2D eigenvalue weighted by Gasteiger charge is 2.28. The minimum absolute atomic E-state index is 0. The first-order valence-electron chi connectivity index (χ1n) is 5.88. The van der Waals surface area contributed by atoms with E-state index in [9.17, 15) is 9.18 Å². The van der Waals surface area contributed by atoms with Gasteiger partial charge in [-0.1, -0.05) is 6.07 Å². The molecule has 0 radical (unpaired) electrons. The van der Waals surface area contributed by atoms with Crippen LogP contribution in [0, 0.1) is 11.7 Å². The van der Waals surface area contributed by atoms with Crippen molar-refractivity contribution in [1.29, 1.82) is 0 Å². The van der Waals surface area contributed by atoms with Crippen molar-refractivity contribution < 1.29 is 9.18 Å². The van der Waals surface area contributed by atoms with Crippen LogP contribution < -0.4 is 5.73 Å². The largest absolute Gasteiger partial charge is 0.338 e. The van der Waals surface area contributed by atoms with Crippen molar-refractivity contribution in [2.45, 2.75) is 19.4 Å². The first-order valence-corrected chi connectivity index (χ1v) is 5.88. The van der Waals surface area contributed by atoms with Crippen LogP contribution in [0.25, 0.3) is 0 Å². The molecule has 0 bridgehead atoms. The number of amides is 1. The van der Waals surface area contributed by atoms with Gasteiger partial charge in [0.25, 0.3) is 5.91 Å². The van der Waals surface area contributed by atoms with Crippen molar-refractivity contribution in [1.82, 2.24) is 4.90 Å². The molecule has 1 amide bonds. The summed E-state index contributed by atoms with van der Waals surface area (Å²) in [6, 6.07) is 5.92. The summed E-state index contributed by atoms with van der Waals surface area (Å²) in [5.74, 6) is -0.126. The van der Waals surface area contributed by atoms with Gasteiger partial charge in [-0.05, 0) is 37.5 Å². The summed E-state index contributed by atoms with van der Waals surface area (Å²) < 4.78 is 13.0. The van der Waals surface area contributed by atoms with E-state index >= 15 is 0 Å². The van der Waals surface area contributed by atoms with Crippen LogP contribution in [0.1, 0.15) is 23.7 Å². The van der Waals surface area contributed by atoms with Gasteiger partial charge in [0.05, 0.1) is 0 Å². The summed E-state index contributed by atoms with van der Waals surface area (Å²) in [4.78, 5) is 13.8. The van der Waals surface area contributed by atoms with Crippen LogP contribution in [0.15, 0.2) is 24.3 Å². The van der Waals surface area contributed by atoms with Gasteiger partial charge < -0.3 is 10.6 Å². The van der Waals surface area contributed by atoms with E-state index in [1.807, 2.05) is 6.92 Å². The summed E-state index contributed by atoms with van der Waals surface area (Å²) in [5, 5.41) is 0. The van der Waals surface area contributed by atoms with E-state index in [1.54, 1.807) is 17.0 Å². The highest BCUT2D eigenvalue weighted by atomic mass is 35.5. The van der Waals surface area contributed by atoms with E-state index in [-0.39, 0.29) is 30.2 Å². The minimum Gasteiger partial charge on any atom is -0.338 e. The quantitative estimate of drug-likeness (QED) is 0.896. The fourth-order valence-corrected chi connectivity index (χ4v) is 2.21. The number of halogens is 2. The molecular weight excluding hydrogens is 255 g/mol. The zero-order chi connectivity index (χ0) is 12.4. The molecule has 100 valence electrons. The molecule has 0 spiro atoms. The summed E-state index contributed by atoms with van der Waals surface area (Å²) in [6.45, 7) is 3.34. The summed E-state index contributed by atoms with van der Waals surface area (Å²) in [6.07, 6.45) is 0.929. The van der Waals surface area contributed by atoms with Crippen LogP contribution in [0.5, 0.6) is 0 Å². The summed E-state index contributed by atoms with van der Waals surface area (Å²) in [5.41, 5.74) is 6.24. The highest BCUT2D eigenvalue weighted by Crippen LogP contribution is 2.20. The van der Waals surface area contributed by atoms with E-state index in [4.69, 9.17) is 5.73 Å². The Balaban J connectivity index is 0.00000162. The average Bonchev–Trinajstić information content (AvgIpc) is 2.77. The van der Waals surface area contributed by atoms with Crippen molar-refractivity contribution in [3.63, 3.8) is 0 Å². The Labute approximate surface area is 113 Å². The van der Waals surface area contributed by atoms with Crippen molar-refractivity contribution >= 4 is 18.3 Å². The van der Waals surface area contributed by atoms with E-state index in [2.05, 4.69) is 0 Å². The second kappa shape index (κ2) is 6.16. The third-order valence-electron chi connectivity index (χ3n) is 3.33. The van der Waals surface area contributed by atoms with Crippen LogP contribution in [0.3, 0.4) is 0 Å². The Hall–Kier alpha value is -1.13. The summed E-state index contributed by atoms with van der Waals surface area (Å²) in [7, 11) is 0. The number of hydrogen-bond acceptors (Lipinski definition) is 2. The molecule has 2 N–H and O–H groups in total. The predicted octanol–water partition coefficient (Wildman–Crippen LogP) is 2.06. The van der Waals surface area contributed by atoms with Crippen molar-refractivity contribution in [2.24, 2.45) is 11.7 Å². The van der Waals surface area contributed by atoms with Gasteiger partial charge in [-0.15, -0.1) is 12.4 Å². The fraction of sp³-hybridized carbons (Fsp3) is 0.462. The maximum atomic E-state index is 13.0. The lowest BCUT2D eigenvalue weighted by atomic mass is 10.0. The van der Waals surface area contributed by atoms with Gasteiger partial charge in [-0.3, -0.25) is 4.79 Å². The zero-order valence-corrected chi connectivity index (χ0v) is 11.1. The predicted molar refractivity (Wildman–Crippen MR) is 71.3 cm³/mol. The van der Waals surface area contributed by atoms with Gasteiger partial charge in [0.1, 0.15) is 5.82 Å². The molecule has 1 aromatic rings. The maximum Gasteiger partial charge on any atom is 0.253 e. The maximum absolute atomic E-state index is 13.0. The number of nitrogens with two attached hydrogens (primary N) is 1. The van der Waals surface area contributed by atoms with E-state index in [1.165, 1.54) is 12.1 Å². The van der Waals surface area contributed by atoms with Gasteiger partial charge in [0.2, 0.25) is 0 Å². The number of likely N-dealkylation sites (tertiary alicyclic amines) is 1. The Bertz CT molecular complexity index is 425. The molecular formula is C13H18ClFN2O. The van der Waals surface area contributed by atoms with Gasteiger partial charge in [-0.25, -0.2) is 4.39 Å². The number of carbonyl (C=O) groups is 1. The molecule has 1 aliphatic rings. The molecule has 1 aromatic carbocycles. The van der Waals surface area contributed by atoms with Gasteiger partial charge in [0, 0.05) is 24.7 Å². The van der Waals surface area contributed by atoms with Crippen LogP contribution in [-0.4, -0.2) is 29.9 Å². The van der Waals surface area contributed by atoms with E-state index in [0.717, 1.165) is 6.42 Å². The SMILES string of the molecule is CC(N)C1CCN(C(=O)c2cccc(F)c2)C1.Cl. The molecule has 3 nitrogen and oxygen atoms in total. The Morgan fingerprint density at radius 1 is 1.56 bits per heavy atom. The first kappa shape index (κ1) is 14.9. The lowest BCUT2D eigenvalue weighted by Gasteiger charge is -2.18. The smallest absolute Gasteiger partial charge is 0.253 e. The molecule has 0 aliphatic carbocycles. The number of nitrogens with zero attached hydrogens (tertiary/aromatic N) is 1. The molecule has 0 aromatic heterocycles. The van der Waals surface area contributed by atoms with Crippen LogP contribution in [0.2, 0.25) is 0 Å². The number of hydrogen-bond donors (Lipinski definition) is 1. The third-order valence-corrected chi connectivity index (χ3v) is 3.33. The lowest BCUT2D eigenvalue weighted by molar-refractivity contribution is 0.0785. The first-order chi connectivity index (χ1) is 8.08. The molecule has 5 heteroatoms. The Morgan fingerprint density at radius 3 is 2.83 bits per heavy atom. The molecule has 2 atom stereocenters.